The fourth-order valence-electron chi connectivity index (χ4n) is 4.08. The summed E-state index contributed by atoms with van der Waals surface area (Å²) >= 11 is 0. The zero-order chi connectivity index (χ0) is 17.1. The molecule has 5 nitrogen and oxygen atoms in total. The number of ether oxygens (including phenoxy) is 1. The predicted octanol–water partition coefficient (Wildman–Crippen LogP) is 2.69. The molecule has 0 spiro atoms. The topological polar surface area (TPSA) is 54.7 Å². The van der Waals surface area contributed by atoms with Crippen LogP contribution in [0.15, 0.2) is 53.3 Å². The second-order valence-electron chi connectivity index (χ2n) is 6.92. The summed E-state index contributed by atoms with van der Waals surface area (Å²) in [7, 11) is 0. The van der Waals surface area contributed by atoms with Gasteiger partial charge in [0.25, 0.3) is 5.91 Å². The molecule has 4 rings (SSSR count). The fourth-order valence-corrected chi connectivity index (χ4v) is 4.08. The van der Waals surface area contributed by atoms with Gasteiger partial charge in [0.1, 0.15) is 0 Å². The number of benzene rings is 1. The Bertz CT molecular complexity index is 686. The van der Waals surface area contributed by atoms with Crippen molar-refractivity contribution in [3.63, 3.8) is 0 Å². The third kappa shape index (κ3) is 3.62. The highest BCUT2D eigenvalue weighted by Crippen LogP contribution is 2.35. The molecule has 1 N–H and O–H groups in total. The molecule has 3 atom stereocenters. The minimum atomic E-state index is -0.00453. The molecule has 1 amide bonds. The van der Waals surface area contributed by atoms with Gasteiger partial charge in [0, 0.05) is 42.7 Å². The number of nitrogens with zero attached hydrogens (tertiary/aromatic N) is 1. The summed E-state index contributed by atoms with van der Waals surface area (Å²) in [5.74, 6) is 0.375. The molecule has 25 heavy (non-hydrogen) atoms. The highest BCUT2D eigenvalue weighted by molar-refractivity contribution is 5.94. The molecule has 3 unspecified atom stereocenters. The van der Waals surface area contributed by atoms with Crippen molar-refractivity contribution in [1.82, 2.24) is 10.2 Å². The highest BCUT2D eigenvalue weighted by Gasteiger charge is 2.42. The molecule has 1 aliphatic heterocycles. The number of carbonyl (C=O) groups excluding carboxylic acids is 1. The average molecular weight is 340 g/mol. The van der Waals surface area contributed by atoms with Crippen molar-refractivity contribution < 1.29 is 13.9 Å². The van der Waals surface area contributed by atoms with Crippen LogP contribution in [-0.2, 0) is 11.3 Å². The van der Waals surface area contributed by atoms with Crippen LogP contribution < -0.4 is 5.32 Å². The van der Waals surface area contributed by atoms with Crippen molar-refractivity contribution in [3.8, 4) is 0 Å². The molecular formula is C20H24N2O3. The van der Waals surface area contributed by atoms with Gasteiger partial charge >= 0.3 is 0 Å². The Morgan fingerprint density at radius 2 is 2.08 bits per heavy atom. The summed E-state index contributed by atoms with van der Waals surface area (Å²) in [4.78, 5) is 14.8. The Morgan fingerprint density at radius 3 is 2.88 bits per heavy atom. The number of amides is 1. The third-order valence-electron chi connectivity index (χ3n) is 5.36. The molecule has 132 valence electrons. The van der Waals surface area contributed by atoms with Crippen molar-refractivity contribution in [2.75, 3.05) is 19.7 Å². The number of fused-ring (bicyclic) bond motifs is 1. The lowest BCUT2D eigenvalue weighted by Crippen LogP contribution is -2.50. The summed E-state index contributed by atoms with van der Waals surface area (Å²) in [5.41, 5.74) is 1.92. The van der Waals surface area contributed by atoms with Crippen molar-refractivity contribution in [2.24, 2.45) is 5.92 Å². The Hall–Kier alpha value is -2.11. The van der Waals surface area contributed by atoms with Crippen LogP contribution in [0.2, 0.25) is 0 Å². The molecule has 2 aromatic rings. The zero-order valence-electron chi connectivity index (χ0n) is 14.3. The van der Waals surface area contributed by atoms with Gasteiger partial charge in [-0.25, -0.2) is 0 Å². The van der Waals surface area contributed by atoms with Gasteiger partial charge < -0.3 is 14.5 Å². The molecular weight excluding hydrogens is 316 g/mol. The van der Waals surface area contributed by atoms with Gasteiger partial charge in [0.05, 0.1) is 25.2 Å². The lowest BCUT2D eigenvalue weighted by molar-refractivity contribution is -0.0757. The molecule has 1 saturated carbocycles. The van der Waals surface area contributed by atoms with Crippen LogP contribution in [0.25, 0.3) is 0 Å². The molecule has 0 bridgehead atoms. The van der Waals surface area contributed by atoms with E-state index in [0.29, 0.717) is 24.1 Å². The lowest BCUT2D eigenvalue weighted by Gasteiger charge is -2.39. The van der Waals surface area contributed by atoms with E-state index in [1.165, 1.54) is 5.56 Å². The number of rotatable bonds is 5. The van der Waals surface area contributed by atoms with Crippen LogP contribution in [0.5, 0.6) is 0 Å². The van der Waals surface area contributed by atoms with Gasteiger partial charge in [-0.3, -0.25) is 9.69 Å². The van der Waals surface area contributed by atoms with E-state index in [1.807, 2.05) is 42.7 Å². The first-order chi connectivity index (χ1) is 12.3. The van der Waals surface area contributed by atoms with Gasteiger partial charge in [-0.1, -0.05) is 18.2 Å². The van der Waals surface area contributed by atoms with Crippen molar-refractivity contribution in [3.05, 3.63) is 60.1 Å². The number of carbonyl (C=O) groups is 1. The molecule has 5 heteroatoms. The van der Waals surface area contributed by atoms with Crippen molar-refractivity contribution in [2.45, 2.75) is 31.5 Å². The van der Waals surface area contributed by atoms with E-state index in [0.717, 1.165) is 32.5 Å². The van der Waals surface area contributed by atoms with E-state index < -0.39 is 0 Å². The van der Waals surface area contributed by atoms with Gasteiger partial charge in [0.2, 0.25) is 0 Å². The van der Waals surface area contributed by atoms with Gasteiger partial charge in [-0.2, -0.15) is 0 Å². The van der Waals surface area contributed by atoms with Crippen molar-refractivity contribution in [1.29, 1.82) is 0 Å². The average Bonchev–Trinajstić information content (AvgIpc) is 3.31. The summed E-state index contributed by atoms with van der Waals surface area (Å²) in [5, 5.41) is 3.08. The molecule has 2 heterocycles. The van der Waals surface area contributed by atoms with Crippen LogP contribution >= 0.6 is 0 Å². The third-order valence-corrected chi connectivity index (χ3v) is 5.36. The Morgan fingerprint density at radius 1 is 1.20 bits per heavy atom. The Labute approximate surface area is 148 Å². The molecule has 1 aromatic heterocycles. The van der Waals surface area contributed by atoms with E-state index in [4.69, 9.17) is 9.15 Å². The van der Waals surface area contributed by atoms with Gasteiger partial charge in [-0.05, 0) is 31.0 Å². The van der Waals surface area contributed by atoms with Crippen LogP contribution in [0.1, 0.15) is 28.8 Å². The standard InChI is InChI=1S/C20H24N2O3/c23-20(16-4-2-1-3-5-16)21-12-17-6-7-18-19(17)25-11-9-22(18)13-15-8-10-24-14-15/h1-5,8,10,14,17-19H,6-7,9,11-13H2,(H,21,23). The van der Waals surface area contributed by atoms with E-state index in [1.54, 1.807) is 6.26 Å². The summed E-state index contributed by atoms with van der Waals surface area (Å²) in [6, 6.07) is 11.8. The van der Waals surface area contributed by atoms with E-state index in [-0.39, 0.29) is 12.0 Å². The Balaban J connectivity index is 1.34. The normalized spacial score (nSPS) is 26.3. The van der Waals surface area contributed by atoms with Crippen LogP contribution in [0.3, 0.4) is 0 Å². The molecule has 2 fully saturated rings. The largest absolute Gasteiger partial charge is 0.472 e. The highest BCUT2D eigenvalue weighted by atomic mass is 16.5. The molecule has 1 aromatic carbocycles. The fraction of sp³-hybridized carbons (Fsp3) is 0.450. The van der Waals surface area contributed by atoms with Crippen molar-refractivity contribution >= 4 is 5.91 Å². The summed E-state index contributed by atoms with van der Waals surface area (Å²) < 4.78 is 11.3. The number of hydrogen-bond donors (Lipinski definition) is 1. The zero-order valence-corrected chi connectivity index (χ0v) is 14.3. The van der Waals surface area contributed by atoms with E-state index in [9.17, 15) is 4.79 Å². The maximum absolute atomic E-state index is 12.3. The monoisotopic (exact) mass is 340 g/mol. The Kier molecular flexibility index (Phi) is 4.85. The predicted molar refractivity (Wildman–Crippen MR) is 94.1 cm³/mol. The first-order valence-corrected chi connectivity index (χ1v) is 9.01. The number of furan rings is 1. The van der Waals surface area contributed by atoms with Crippen LogP contribution in [-0.4, -0.2) is 42.6 Å². The van der Waals surface area contributed by atoms with E-state index in [2.05, 4.69) is 10.2 Å². The minimum absolute atomic E-state index is 0.00453. The number of morpholine rings is 1. The smallest absolute Gasteiger partial charge is 0.251 e. The summed E-state index contributed by atoms with van der Waals surface area (Å²) in [6.45, 7) is 3.29. The summed E-state index contributed by atoms with van der Waals surface area (Å²) in [6.07, 6.45) is 5.96. The van der Waals surface area contributed by atoms with Gasteiger partial charge in [0.15, 0.2) is 0 Å². The SMILES string of the molecule is O=C(NCC1CCC2C1OCCN2Cc1ccoc1)c1ccccc1. The van der Waals surface area contributed by atoms with E-state index >= 15 is 0 Å². The second kappa shape index (κ2) is 7.42. The maximum atomic E-state index is 12.3. The number of hydrogen-bond acceptors (Lipinski definition) is 4. The molecule has 0 radical (unpaired) electrons. The molecule has 1 saturated heterocycles. The van der Waals surface area contributed by atoms with Crippen LogP contribution in [0, 0.1) is 5.92 Å². The second-order valence-corrected chi connectivity index (χ2v) is 6.92. The first kappa shape index (κ1) is 16.4. The van der Waals surface area contributed by atoms with Crippen LogP contribution in [0.4, 0.5) is 0 Å². The molecule has 1 aliphatic carbocycles. The molecule has 2 aliphatic rings. The van der Waals surface area contributed by atoms with Gasteiger partial charge in [-0.15, -0.1) is 0 Å². The number of nitrogens with one attached hydrogen (secondary N) is 1. The minimum Gasteiger partial charge on any atom is -0.472 e. The lowest BCUT2D eigenvalue weighted by atomic mass is 10.0. The first-order valence-electron chi connectivity index (χ1n) is 9.01. The maximum Gasteiger partial charge on any atom is 0.251 e. The quantitative estimate of drug-likeness (QED) is 0.909.